The normalized spacial score (nSPS) is 17.6. The van der Waals surface area contributed by atoms with Gasteiger partial charge in [0.1, 0.15) is 0 Å². The van der Waals surface area contributed by atoms with E-state index in [1.807, 2.05) is 0 Å². The van der Waals surface area contributed by atoms with Crippen LogP contribution in [0.3, 0.4) is 0 Å². The summed E-state index contributed by atoms with van der Waals surface area (Å²) in [6.45, 7) is 11.4. The maximum atomic E-state index is 11.0. The van der Waals surface area contributed by atoms with Gasteiger partial charge in [0.25, 0.3) is 0 Å². The Balaban J connectivity index is 2.18. The molecule has 0 radical (unpaired) electrons. The molecular formula is C19H28O2. The minimum atomic E-state index is -0.690. The zero-order valence-corrected chi connectivity index (χ0v) is 14.0. The summed E-state index contributed by atoms with van der Waals surface area (Å²) in [5.41, 5.74) is 2.88. The van der Waals surface area contributed by atoms with Gasteiger partial charge in [-0.1, -0.05) is 58.9 Å². The summed E-state index contributed by atoms with van der Waals surface area (Å²) in [4.78, 5) is 11.0. The molecule has 0 saturated heterocycles. The summed E-state index contributed by atoms with van der Waals surface area (Å²) in [5.74, 6) is -0.690. The first-order valence-corrected chi connectivity index (χ1v) is 7.87. The summed E-state index contributed by atoms with van der Waals surface area (Å²) < 4.78 is 0. The van der Waals surface area contributed by atoms with Gasteiger partial charge < -0.3 is 5.11 Å². The maximum Gasteiger partial charge on any atom is 0.304 e. The first-order chi connectivity index (χ1) is 9.54. The van der Waals surface area contributed by atoms with Crippen LogP contribution in [0.15, 0.2) is 24.3 Å². The molecule has 2 rings (SSSR count). The van der Waals surface area contributed by atoms with Crippen LogP contribution in [0.1, 0.15) is 71.4 Å². The monoisotopic (exact) mass is 288 g/mol. The molecule has 1 N–H and O–H groups in total. The Morgan fingerprint density at radius 1 is 1.10 bits per heavy atom. The zero-order valence-electron chi connectivity index (χ0n) is 14.0. The van der Waals surface area contributed by atoms with Crippen molar-refractivity contribution in [3.05, 3.63) is 35.4 Å². The third kappa shape index (κ3) is 3.87. The van der Waals surface area contributed by atoms with Crippen molar-refractivity contribution in [1.82, 2.24) is 0 Å². The van der Waals surface area contributed by atoms with E-state index in [-0.39, 0.29) is 17.3 Å². The number of carboxylic acid groups (broad SMARTS) is 1. The molecule has 1 aromatic rings. The van der Waals surface area contributed by atoms with E-state index < -0.39 is 5.97 Å². The maximum absolute atomic E-state index is 11.0. The summed E-state index contributed by atoms with van der Waals surface area (Å²) in [6.07, 6.45) is 3.39. The van der Waals surface area contributed by atoms with Crippen LogP contribution in [-0.4, -0.2) is 11.1 Å². The van der Waals surface area contributed by atoms with Crippen LogP contribution in [0.25, 0.3) is 0 Å². The molecule has 2 heteroatoms. The van der Waals surface area contributed by atoms with Gasteiger partial charge in [0, 0.05) is 5.41 Å². The summed E-state index contributed by atoms with van der Waals surface area (Å²) >= 11 is 0. The van der Waals surface area contributed by atoms with Crippen LogP contribution >= 0.6 is 0 Å². The predicted molar refractivity (Wildman–Crippen MR) is 86.7 cm³/mol. The molecule has 0 atom stereocenters. The molecule has 0 unspecified atom stereocenters. The number of rotatable bonds is 5. The zero-order chi connectivity index (χ0) is 15.9. The first-order valence-electron chi connectivity index (χ1n) is 7.87. The molecule has 1 aromatic carbocycles. The van der Waals surface area contributed by atoms with E-state index in [9.17, 15) is 4.79 Å². The Morgan fingerprint density at radius 3 is 2.00 bits per heavy atom. The smallest absolute Gasteiger partial charge is 0.304 e. The highest BCUT2D eigenvalue weighted by atomic mass is 16.4. The van der Waals surface area contributed by atoms with Gasteiger partial charge in [-0.2, -0.15) is 0 Å². The SMILES string of the molecule is CC(C)(C)CC(C)(C)c1ccc(C2(CC(=O)O)CC2)cc1. The molecule has 116 valence electrons. The van der Waals surface area contributed by atoms with E-state index in [0.29, 0.717) is 5.41 Å². The number of benzene rings is 1. The number of carboxylic acids is 1. The average Bonchev–Trinajstić information content (AvgIpc) is 3.06. The Hall–Kier alpha value is -1.31. The molecule has 1 aliphatic rings. The predicted octanol–water partition coefficient (Wildman–Crippen LogP) is 4.91. The Kier molecular flexibility index (Phi) is 3.94. The van der Waals surface area contributed by atoms with Crippen molar-refractivity contribution in [3.63, 3.8) is 0 Å². The highest BCUT2D eigenvalue weighted by Gasteiger charge is 2.45. The van der Waals surface area contributed by atoms with Crippen LogP contribution in [0.4, 0.5) is 0 Å². The third-order valence-electron chi connectivity index (χ3n) is 4.59. The van der Waals surface area contributed by atoms with Gasteiger partial charge in [-0.05, 0) is 41.2 Å². The van der Waals surface area contributed by atoms with Gasteiger partial charge in [0.05, 0.1) is 6.42 Å². The van der Waals surface area contributed by atoms with Gasteiger partial charge in [-0.25, -0.2) is 0 Å². The van der Waals surface area contributed by atoms with Crippen LogP contribution in [0.2, 0.25) is 0 Å². The van der Waals surface area contributed by atoms with Crippen molar-refractivity contribution in [2.75, 3.05) is 0 Å². The van der Waals surface area contributed by atoms with Gasteiger partial charge in [0.2, 0.25) is 0 Å². The van der Waals surface area contributed by atoms with Crippen LogP contribution < -0.4 is 0 Å². The second kappa shape index (κ2) is 5.15. The van der Waals surface area contributed by atoms with Crippen molar-refractivity contribution >= 4 is 5.97 Å². The number of hydrogen-bond donors (Lipinski definition) is 1. The minimum absolute atomic E-state index is 0.0848. The molecule has 1 aliphatic carbocycles. The second-order valence-electron chi connectivity index (χ2n) is 8.55. The Labute approximate surface area is 128 Å². The van der Waals surface area contributed by atoms with Gasteiger partial charge in [-0.3, -0.25) is 4.79 Å². The Morgan fingerprint density at radius 2 is 1.62 bits per heavy atom. The lowest BCUT2D eigenvalue weighted by Gasteiger charge is -2.33. The number of aliphatic carboxylic acids is 1. The molecule has 0 aromatic heterocycles. The summed E-state index contributed by atoms with van der Waals surface area (Å²) in [5, 5.41) is 9.06. The van der Waals surface area contributed by atoms with E-state index in [4.69, 9.17) is 5.11 Å². The quantitative estimate of drug-likeness (QED) is 0.836. The third-order valence-corrected chi connectivity index (χ3v) is 4.59. The first kappa shape index (κ1) is 16.1. The second-order valence-corrected chi connectivity index (χ2v) is 8.55. The van der Waals surface area contributed by atoms with Gasteiger partial charge in [-0.15, -0.1) is 0 Å². The highest BCUT2D eigenvalue weighted by Crippen LogP contribution is 2.51. The Bertz CT molecular complexity index is 513. The van der Waals surface area contributed by atoms with Gasteiger partial charge in [0.15, 0.2) is 0 Å². The minimum Gasteiger partial charge on any atom is -0.481 e. The van der Waals surface area contributed by atoms with Crippen molar-refractivity contribution < 1.29 is 9.90 Å². The van der Waals surface area contributed by atoms with Crippen LogP contribution in [0, 0.1) is 5.41 Å². The van der Waals surface area contributed by atoms with Crippen LogP contribution in [-0.2, 0) is 15.6 Å². The van der Waals surface area contributed by atoms with E-state index in [0.717, 1.165) is 19.3 Å². The molecule has 0 spiro atoms. The summed E-state index contributed by atoms with van der Waals surface area (Å²) in [6, 6.07) is 8.69. The number of carbonyl (C=O) groups is 1. The van der Waals surface area contributed by atoms with E-state index in [1.54, 1.807) is 0 Å². The molecule has 1 fully saturated rings. The molecular weight excluding hydrogens is 260 g/mol. The van der Waals surface area contributed by atoms with Crippen molar-refractivity contribution in [3.8, 4) is 0 Å². The van der Waals surface area contributed by atoms with E-state index in [1.165, 1.54) is 11.1 Å². The van der Waals surface area contributed by atoms with E-state index in [2.05, 4.69) is 58.9 Å². The molecule has 0 bridgehead atoms. The molecule has 0 heterocycles. The fourth-order valence-electron chi connectivity index (χ4n) is 3.71. The fourth-order valence-corrected chi connectivity index (χ4v) is 3.71. The molecule has 0 aliphatic heterocycles. The molecule has 0 amide bonds. The standard InChI is InChI=1S/C19H28O2/c1-17(2,3)13-18(4,5)14-6-8-15(9-7-14)19(10-11-19)12-16(20)21/h6-9H,10-13H2,1-5H3,(H,20,21). The molecule has 2 nitrogen and oxygen atoms in total. The fraction of sp³-hybridized carbons (Fsp3) is 0.632. The highest BCUT2D eigenvalue weighted by molar-refractivity contribution is 5.70. The lowest BCUT2D eigenvalue weighted by molar-refractivity contribution is -0.137. The van der Waals surface area contributed by atoms with Crippen LogP contribution in [0.5, 0.6) is 0 Å². The van der Waals surface area contributed by atoms with Crippen molar-refractivity contribution in [2.24, 2.45) is 5.41 Å². The lowest BCUT2D eigenvalue weighted by atomic mass is 9.72. The van der Waals surface area contributed by atoms with E-state index >= 15 is 0 Å². The number of hydrogen-bond acceptors (Lipinski definition) is 1. The largest absolute Gasteiger partial charge is 0.481 e. The summed E-state index contributed by atoms with van der Waals surface area (Å²) in [7, 11) is 0. The van der Waals surface area contributed by atoms with Crippen molar-refractivity contribution in [1.29, 1.82) is 0 Å². The lowest BCUT2D eigenvalue weighted by Crippen LogP contribution is -2.25. The van der Waals surface area contributed by atoms with Gasteiger partial charge >= 0.3 is 5.97 Å². The average molecular weight is 288 g/mol. The molecule has 1 saturated carbocycles. The molecule has 21 heavy (non-hydrogen) atoms. The topological polar surface area (TPSA) is 37.3 Å². The van der Waals surface area contributed by atoms with Crippen molar-refractivity contribution in [2.45, 2.75) is 71.1 Å².